The number of carbonyl (C=O) groups excluding carboxylic acids is 1. The fourth-order valence-corrected chi connectivity index (χ4v) is 1.51. The summed E-state index contributed by atoms with van der Waals surface area (Å²) in [5, 5.41) is 31.4. The summed E-state index contributed by atoms with van der Waals surface area (Å²) >= 11 is 0. The number of aromatic carboxylic acids is 2. The molecule has 0 fully saturated rings. The van der Waals surface area contributed by atoms with E-state index >= 15 is 0 Å². The maximum absolute atomic E-state index is 11.8. The number of rotatable bonds is 4. The molecule has 92 valence electrons. The summed E-state index contributed by atoms with van der Waals surface area (Å²) < 4.78 is 0. The molecule has 0 saturated carbocycles. The highest BCUT2D eigenvalue weighted by atomic mass is 16.4. The first-order valence-electron chi connectivity index (χ1n) is 5.18. The molecule has 0 radical (unpaired) electrons. The van der Waals surface area contributed by atoms with E-state index in [9.17, 15) is 19.8 Å². The highest BCUT2D eigenvalue weighted by Gasteiger charge is 2.13. The lowest BCUT2D eigenvalue weighted by Crippen LogP contribution is -2.23. The standard InChI is InChI=1S/C12H14O5/c1-3-6(2)8-4-7(11(14)15)5-9(10(8)13)12(16)17/h4-6,13H,3H2,1-2H3,(H,14,15)(H,16,17)/p-2/t6-/m0/s1. The van der Waals surface area contributed by atoms with Crippen molar-refractivity contribution in [2.45, 2.75) is 26.2 Å². The Morgan fingerprint density at radius 1 is 1.41 bits per heavy atom. The predicted octanol–water partition coefficient (Wildman–Crippen LogP) is 0.335. The van der Waals surface area contributed by atoms with Gasteiger partial charge in [0.2, 0.25) is 0 Å². The van der Waals surface area contributed by atoms with Crippen LogP contribution in [-0.2, 0) is 0 Å². The first-order valence-corrected chi connectivity index (χ1v) is 5.18. The fraction of sp³-hybridized carbons (Fsp3) is 0.333. The molecule has 1 N–H and O–H groups in total. The molecule has 0 spiro atoms. The van der Waals surface area contributed by atoms with E-state index in [1.54, 1.807) is 6.92 Å². The average molecular weight is 236 g/mol. The van der Waals surface area contributed by atoms with Gasteiger partial charge in [0.05, 0.1) is 11.5 Å². The Hall–Kier alpha value is -2.04. The number of carboxylic acid groups (broad SMARTS) is 2. The van der Waals surface area contributed by atoms with E-state index in [-0.39, 0.29) is 17.0 Å². The Labute approximate surface area is 98.3 Å². The SMILES string of the molecule is CC[C@H](C)c1cc(C(=O)[O-])cc(C(=O)O)c1[O-]. The summed E-state index contributed by atoms with van der Waals surface area (Å²) in [6.45, 7) is 3.57. The van der Waals surface area contributed by atoms with Crippen LogP contribution in [0.5, 0.6) is 5.75 Å². The van der Waals surface area contributed by atoms with Gasteiger partial charge in [-0.3, -0.25) is 0 Å². The van der Waals surface area contributed by atoms with E-state index in [0.717, 1.165) is 6.07 Å². The molecular formula is C12H12O5-2. The van der Waals surface area contributed by atoms with Gasteiger partial charge < -0.3 is 20.1 Å². The average Bonchev–Trinajstić information content (AvgIpc) is 2.27. The molecule has 0 bridgehead atoms. The molecule has 1 atom stereocenters. The summed E-state index contributed by atoms with van der Waals surface area (Å²) in [4.78, 5) is 21.6. The van der Waals surface area contributed by atoms with Gasteiger partial charge in [-0.2, -0.15) is 0 Å². The normalized spacial score (nSPS) is 12.1. The molecule has 1 rings (SSSR count). The van der Waals surface area contributed by atoms with Crippen molar-refractivity contribution in [3.05, 3.63) is 28.8 Å². The van der Waals surface area contributed by atoms with Crippen molar-refractivity contribution in [1.29, 1.82) is 0 Å². The number of carboxylic acids is 2. The molecule has 0 aliphatic carbocycles. The lowest BCUT2D eigenvalue weighted by molar-refractivity contribution is -0.270. The molecule has 0 aromatic heterocycles. The van der Waals surface area contributed by atoms with Crippen molar-refractivity contribution < 1.29 is 24.9 Å². The van der Waals surface area contributed by atoms with Crippen LogP contribution in [0.4, 0.5) is 0 Å². The maximum atomic E-state index is 11.8. The quantitative estimate of drug-likeness (QED) is 0.812. The minimum atomic E-state index is -1.49. The number of benzene rings is 1. The van der Waals surface area contributed by atoms with E-state index < -0.39 is 23.3 Å². The smallest absolute Gasteiger partial charge is 0.335 e. The zero-order valence-corrected chi connectivity index (χ0v) is 9.52. The lowest BCUT2D eigenvalue weighted by atomic mass is 9.93. The molecule has 1 aromatic carbocycles. The Kier molecular flexibility index (Phi) is 3.73. The molecule has 0 amide bonds. The van der Waals surface area contributed by atoms with Crippen molar-refractivity contribution in [1.82, 2.24) is 0 Å². The molecule has 0 heterocycles. The van der Waals surface area contributed by atoms with Gasteiger partial charge in [-0.1, -0.05) is 31.2 Å². The first kappa shape index (κ1) is 13.0. The second-order valence-corrected chi connectivity index (χ2v) is 3.84. The van der Waals surface area contributed by atoms with Crippen LogP contribution in [0.1, 0.15) is 52.5 Å². The molecule has 0 saturated heterocycles. The molecular weight excluding hydrogens is 224 g/mol. The van der Waals surface area contributed by atoms with Crippen LogP contribution in [0.15, 0.2) is 12.1 Å². The van der Waals surface area contributed by atoms with Crippen molar-refractivity contribution >= 4 is 11.9 Å². The van der Waals surface area contributed by atoms with E-state index in [2.05, 4.69) is 0 Å². The topological polar surface area (TPSA) is 100 Å². The monoisotopic (exact) mass is 236 g/mol. The Morgan fingerprint density at radius 3 is 2.41 bits per heavy atom. The Morgan fingerprint density at radius 2 is 2.00 bits per heavy atom. The minimum Gasteiger partial charge on any atom is -0.872 e. The van der Waals surface area contributed by atoms with Gasteiger partial charge in [0.1, 0.15) is 0 Å². The second-order valence-electron chi connectivity index (χ2n) is 3.84. The van der Waals surface area contributed by atoms with E-state index in [0.29, 0.717) is 6.42 Å². The van der Waals surface area contributed by atoms with Crippen molar-refractivity contribution in [2.75, 3.05) is 0 Å². The third-order valence-electron chi connectivity index (χ3n) is 2.73. The lowest BCUT2D eigenvalue weighted by Gasteiger charge is -2.22. The third-order valence-corrected chi connectivity index (χ3v) is 2.73. The number of carbonyl (C=O) groups is 2. The molecule has 0 unspecified atom stereocenters. The molecule has 0 aliphatic heterocycles. The third kappa shape index (κ3) is 2.55. The highest BCUT2D eigenvalue weighted by Crippen LogP contribution is 2.30. The van der Waals surface area contributed by atoms with Gasteiger partial charge in [0.25, 0.3) is 0 Å². The van der Waals surface area contributed by atoms with Crippen LogP contribution in [0.3, 0.4) is 0 Å². The van der Waals surface area contributed by atoms with Gasteiger partial charge in [0, 0.05) is 0 Å². The van der Waals surface area contributed by atoms with Gasteiger partial charge in [-0.25, -0.2) is 4.79 Å². The van der Waals surface area contributed by atoms with Crippen molar-refractivity contribution in [3.63, 3.8) is 0 Å². The van der Waals surface area contributed by atoms with Crippen LogP contribution >= 0.6 is 0 Å². The van der Waals surface area contributed by atoms with E-state index in [4.69, 9.17) is 5.11 Å². The van der Waals surface area contributed by atoms with Crippen LogP contribution in [-0.4, -0.2) is 17.0 Å². The van der Waals surface area contributed by atoms with Gasteiger partial charge in [-0.15, -0.1) is 0 Å². The molecule has 5 heteroatoms. The largest absolute Gasteiger partial charge is 0.872 e. The molecule has 1 aromatic rings. The second kappa shape index (κ2) is 4.86. The van der Waals surface area contributed by atoms with Gasteiger partial charge >= 0.3 is 5.97 Å². The Bertz CT molecular complexity index is 464. The summed E-state index contributed by atoms with van der Waals surface area (Å²) in [7, 11) is 0. The van der Waals surface area contributed by atoms with Crippen molar-refractivity contribution in [3.8, 4) is 5.75 Å². The van der Waals surface area contributed by atoms with Crippen LogP contribution in [0.25, 0.3) is 0 Å². The summed E-state index contributed by atoms with van der Waals surface area (Å²) in [6, 6.07) is 2.03. The summed E-state index contributed by atoms with van der Waals surface area (Å²) in [5.74, 6) is -3.74. The summed E-state index contributed by atoms with van der Waals surface area (Å²) in [6.07, 6.45) is 0.616. The van der Waals surface area contributed by atoms with Gasteiger partial charge in [-0.05, 0) is 24.0 Å². The maximum Gasteiger partial charge on any atom is 0.335 e. The van der Waals surface area contributed by atoms with Gasteiger partial charge in [0.15, 0.2) is 0 Å². The van der Waals surface area contributed by atoms with Crippen LogP contribution in [0.2, 0.25) is 0 Å². The first-order chi connectivity index (χ1) is 7.88. The van der Waals surface area contributed by atoms with E-state index in [1.165, 1.54) is 6.07 Å². The zero-order chi connectivity index (χ0) is 13.2. The molecule has 0 aliphatic rings. The van der Waals surface area contributed by atoms with Crippen LogP contribution < -0.4 is 10.2 Å². The van der Waals surface area contributed by atoms with Crippen molar-refractivity contribution in [2.24, 2.45) is 0 Å². The summed E-state index contributed by atoms with van der Waals surface area (Å²) in [5.41, 5.74) is -0.606. The minimum absolute atomic E-state index is 0.195. The molecule has 5 nitrogen and oxygen atoms in total. The zero-order valence-electron chi connectivity index (χ0n) is 9.52. The fourth-order valence-electron chi connectivity index (χ4n) is 1.51. The molecule has 17 heavy (non-hydrogen) atoms. The highest BCUT2D eigenvalue weighted by molar-refractivity contribution is 5.95. The van der Waals surface area contributed by atoms with Crippen LogP contribution in [0, 0.1) is 0 Å². The Balaban J connectivity index is 3.48. The number of hydrogen-bond acceptors (Lipinski definition) is 4. The predicted molar refractivity (Wildman–Crippen MR) is 55.9 cm³/mol. The number of hydrogen-bond donors (Lipinski definition) is 1. The van der Waals surface area contributed by atoms with E-state index in [1.807, 2.05) is 6.92 Å².